The number of nitrogens with one attached hydrogen (secondary N) is 3. The highest BCUT2D eigenvalue weighted by atomic mass is 32.2. The van der Waals surface area contributed by atoms with Crippen LogP contribution in [0.1, 0.15) is 39.2 Å². The highest BCUT2D eigenvalue weighted by Gasteiger charge is 2.12. The first-order valence-corrected chi connectivity index (χ1v) is 11.0. The molecule has 0 bridgehead atoms. The first-order valence-electron chi connectivity index (χ1n) is 9.56. The van der Waals surface area contributed by atoms with Crippen LogP contribution in [0, 0.1) is 5.92 Å². The minimum absolute atomic E-state index is 0.241. The number of hydrogen-bond donors (Lipinski definition) is 3. The lowest BCUT2D eigenvalue weighted by Gasteiger charge is -2.16. The molecule has 27 heavy (non-hydrogen) atoms. The van der Waals surface area contributed by atoms with E-state index in [2.05, 4.69) is 34.2 Å². The van der Waals surface area contributed by atoms with Gasteiger partial charge in [-0.2, -0.15) is 0 Å². The second-order valence-corrected chi connectivity index (χ2v) is 8.06. The van der Waals surface area contributed by atoms with Crippen molar-refractivity contribution < 1.29 is 13.2 Å². The third-order valence-corrected chi connectivity index (χ3v) is 5.79. The molecule has 0 spiro atoms. The van der Waals surface area contributed by atoms with Crippen LogP contribution in [0.5, 0.6) is 0 Å². The second-order valence-electron chi connectivity index (χ2n) is 6.29. The quantitative estimate of drug-likeness (QED) is 0.285. The smallest absolute Gasteiger partial charge is 0.240 e. The summed E-state index contributed by atoms with van der Waals surface area (Å²) >= 11 is 0. The molecule has 0 aromatic heterocycles. The van der Waals surface area contributed by atoms with Crippen molar-refractivity contribution in [2.45, 2.75) is 45.1 Å². The highest BCUT2D eigenvalue weighted by Crippen LogP contribution is 2.11. The van der Waals surface area contributed by atoms with Gasteiger partial charge < -0.3 is 15.4 Å². The number of ether oxygens (including phenoxy) is 1. The summed E-state index contributed by atoms with van der Waals surface area (Å²) in [4.78, 5) is 4.83. The molecule has 1 aromatic rings. The molecule has 0 saturated carbocycles. The molecule has 8 heteroatoms. The van der Waals surface area contributed by atoms with Crippen molar-refractivity contribution in [2.24, 2.45) is 10.9 Å². The van der Waals surface area contributed by atoms with Gasteiger partial charge in [-0.25, -0.2) is 18.1 Å². The second kappa shape index (κ2) is 12.7. The molecule has 0 saturated heterocycles. The number of methoxy groups -OCH3 is 1. The van der Waals surface area contributed by atoms with Gasteiger partial charge >= 0.3 is 0 Å². The van der Waals surface area contributed by atoms with Crippen LogP contribution in [-0.4, -0.2) is 47.7 Å². The molecule has 0 radical (unpaired) electrons. The first kappa shape index (κ1) is 23.4. The van der Waals surface area contributed by atoms with Crippen molar-refractivity contribution in [1.29, 1.82) is 0 Å². The molecule has 154 valence electrons. The van der Waals surface area contributed by atoms with Crippen molar-refractivity contribution in [3.63, 3.8) is 0 Å². The zero-order valence-electron chi connectivity index (χ0n) is 16.9. The number of aliphatic imine (C=N–C) groups is 1. The van der Waals surface area contributed by atoms with E-state index in [1.54, 1.807) is 24.3 Å². The van der Waals surface area contributed by atoms with Gasteiger partial charge in [0, 0.05) is 26.7 Å². The molecule has 0 aliphatic rings. The average Bonchev–Trinajstić information content (AvgIpc) is 2.67. The third kappa shape index (κ3) is 8.73. The predicted octanol–water partition coefficient (Wildman–Crippen LogP) is 2.10. The minimum Gasteiger partial charge on any atom is -0.383 e. The topological polar surface area (TPSA) is 91.8 Å². The van der Waals surface area contributed by atoms with Crippen molar-refractivity contribution in [3.05, 3.63) is 29.8 Å². The van der Waals surface area contributed by atoms with Crippen LogP contribution in [0.4, 0.5) is 0 Å². The number of nitrogens with zero attached hydrogens (tertiary/aromatic N) is 1. The Balaban J connectivity index is 2.69. The normalized spacial score (nSPS) is 12.4. The Kier molecular flexibility index (Phi) is 11.0. The SMILES string of the molecule is CCNC(=NCc1ccc(S(=O)(=O)NCCOC)cc1)NCC(CC)CC. The summed E-state index contributed by atoms with van der Waals surface area (Å²) in [6.07, 6.45) is 2.27. The van der Waals surface area contributed by atoms with Crippen LogP contribution >= 0.6 is 0 Å². The van der Waals surface area contributed by atoms with Crippen molar-refractivity contribution in [1.82, 2.24) is 15.4 Å². The summed E-state index contributed by atoms with van der Waals surface area (Å²) in [7, 11) is -1.97. The minimum atomic E-state index is -3.50. The third-order valence-electron chi connectivity index (χ3n) is 4.31. The summed E-state index contributed by atoms with van der Waals surface area (Å²) < 4.78 is 31.7. The Morgan fingerprint density at radius 3 is 2.33 bits per heavy atom. The van der Waals surface area contributed by atoms with E-state index in [0.717, 1.165) is 37.5 Å². The van der Waals surface area contributed by atoms with Gasteiger partial charge in [0.15, 0.2) is 5.96 Å². The zero-order valence-corrected chi connectivity index (χ0v) is 17.7. The highest BCUT2D eigenvalue weighted by molar-refractivity contribution is 7.89. The summed E-state index contributed by atoms with van der Waals surface area (Å²) in [5.41, 5.74) is 0.950. The summed E-state index contributed by atoms with van der Waals surface area (Å²) in [5.74, 6) is 1.41. The van der Waals surface area contributed by atoms with Crippen LogP contribution in [0.15, 0.2) is 34.2 Å². The van der Waals surface area contributed by atoms with E-state index in [1.165, 1.54) is 7.11 Å². The number of hydrogen-bond acceptors (Lipinski definition) is 4. The summed E-state index contributed by atoms with van der Waals surface area (Å²) in [5, 5.41) is 6.62. The molecular formula is C19H34N4O3S. The van der Waals surface area contributed by atoms with Crippen LogP contribution in [0.25, 0.3) is 0 Å². The van der Waals surface area contributed by atoms with Crippen LogP contribution in [-0.2, 0) is 21.3 Å². The van der Waals surface area contributed by atoms with Gasteiger partial charge in [-0.3, -0.25) is 0 Å². The van der Waals surface area contributed by atoms with E-state index in [0.29, 0.717) is 19.1 Å². The average molecular weight is 399 g/mol. The Hall–Kier alpha value is -1.64. The number of rotatable bonds is 12. The lowest BCUT2D eigenvalue weighted by atomic mass is 10.0. The van der Waals surface area contributed by atoms with Crippen molar-refractivity contribution in [3.8, 4) is 0 Å². The fourth-order valence-electron chi connectivity index (χ4n) is 2.47. The molecule has 0 unspecified atom stereocenters. The van der Waals surface area contributed by atoms with Crippen LogP contribution in [0.2, 0.25) is 0 Å². The predicted molar refractivity (Wildman–Crippen MR) is 110 cm³/mol. The molecule has 0 atom stereocenters. The maximum atomic E-state index is 12.2. The van der Waals surface area contributed by atoms with Crippen molar-refractivity contribution >= 4 is 16.0 Å². The van der Waals surface area contributed by atoms with E-state index >= 15 is 0 Å². The summed E-state index contributed by atoms with van der Waals surface area (Å²) in [6, 6.07) is 6.78. The maximum Gasteiger partial charge on any atom is 0.240 e. The number of benzene rings is 1. The van der Waals surface area contributed by atoms with Gasteiger partial charge in [-0.05, 0) is 30.5 Å². The molecule has 7 nitrogen and oxygen atoms in total. The van der Waals surface area contributed by atoms with E-state index < -0.39 is 10.0 Å². The van der Waals surface area contributed by atoms with Gasteiger partial charge in [0.05, 0.1) is 18.0 Å². The standard InChI is InChI=1S/C19H34N4O3S/c1-5-16(6-2)14-21-19(20-7-3)22-15-17-8-10-18(11-9-17)27(24,25)23-12-13-26-4/h8-11,16,23H,5-7,12-15H2,1-4H3,(H2,20,21,22). The van der Waals surface area contributed by atoms with E-state index in [9.17, 15) is 8.42 Å². The fraction of sp³-hybridized carbons (Fsp3) is 0.632. The molecule has 0 fully saturated rings. The number of sulfonamides is 1. The Bertz CT molecular complexity index is 656. The van der Waals surface area contributed by atoms with E-state index in [-0.39, 0.29) is 11.4 Å². The Morgan fingerprint density at radius 1 is 1.11 bits per heavy atom. The van der Waals surface area contributed by atoms with Crippen LogP contribution in [0.3, 0.4) is 0 Å². The lowest BCUT2D eigenvalue weighted by Crippen LogP contribution is -2.39. The molecule has 0 amide bonds. The lowest BCUT2D eigenvalue weighted by molar-refractivity contribution is 0.204. The molecule has 1 aromatic carbocycles. The largest absolute Gasteiger partial charge is 0.383 e. The number of guanidine groups is 1. The Morgan fingerprint density at radius 2 is 1.78 bits per heavy atom. The molecule has 0 aliphatic carbocycles. The van der Waals surface area contributed by atoms with Gasteiger partial charge in [-0.15, -0.1) is 0 Å². The monoisotopic (exact) mass is 398 g/mol. The van der Waals surface area contributed by atoms with E-state index in [1.807, 2.05) is 6.92 Å². The maximum absolute atomic E-state index is 12.2. The molecule has 0 heterocycles. The molecule has 3 N–H and O–H groups in total. The van der Waals surface area contributed by atoms with Gasteiger partial charge in [0.25, 0.3) is 0 Å². The molecule has 0 aliphatic heterocycles. The summed E-state index contributed by atoms with van der Waals surface area (Å²) in [6.45, 7) is 9.17. The fourth-order valence-corrected chi connectivity index (χ4v) is 3.48. The molecule has 1 rings (SSSR count). The van der Waals surface area contributed by atoms with Crippen molar-refractivity contribution in [2.75, 3.05) is 33.4 Å². The zero-order chi connectivity index (χ0) is 20.1. The molecular weight excluding hydrogens is 364 g/mol. The Labute approximate surface area is 164 Å². The van der Waals surface area contributed by atoms with Gasteiger partial charge in [0.1, 0.15) is 0 Å². The van der Waals surface area contributed by atoms with Gasteiger partial charge in [0.2, 0.25) is 10.0 Å². The van der Waals surface area contributed by atoms with Crippen LogP contribution < -0.4 is 15.4 Å². The first-order chi connectivity index (χ1) is 13.0. The van der Waals surface area contributed by atoms with Gasteiger partial charge in [-0.1, -0.05) is 38.8 Å². The van der Waals surface area contributed by atoms with E-state index in [4.69, 9.17) is 4.74 Å².